The van der Waals surface area contributed by atoms with Crippen LogP contribution in [0.3, 0.4) is 0 Å². The number of nitrogens with zero attached hydrogens (tertiary/aromatic N) is 2. The van der Waals surface area contributed by atoms with Gasteiger partial charge in [0.25, 0.3) is 0 Å². The third kappa shape index (κ3) is 4.98. The Balaban J connectivity index is 1.64. The van der Waals surface area contributed by atoms with Gasteiger partial charge in [-0.2, -0.15) is 0 Å². The number of hydrogen-bond acceptors (Lipinski definition) is 2. The standard InChI is InChI=1S/C22H32N4/c1-3-14-26-15-12-20(13-16-26)25-22(23-4-2)24-17-19-10-7-9-18-8-5-6-11-21(18)19/h5-11,20H,3-4,12-17H2,1-2H3,(H2,23,24,25). The van der Waals surface area contributed by atoms with E-state index in [-0.39, 0.29) is 0 Å². The van der Waals surface area contributed by atoms with Gasteiger partial charge in [-0.3, -0.25) is 0 Å². The zero-order valence-corrected chi connectivity index (χ0v) is 16.2. The first-order valence-electron chi connectivity index (χ1n) is 10.0. The third-order valence-electron chi connectivity index (χ3n) is 5.10. The Bertz CT molecular complexity index is 712. The Morgan fingerprint density at radius 3 is 2.62 bits per heavy atom. The molecule has 0 atom stereocenters. The molecule has 0 bridgehead atoms. The van der Waals surface area contributed by atoms with E-state index in [0.29, 0.717) is 12.6 Å². The number of rotatable bonds is 6. The third-order valence-corrected chi connectivity index (χ3v) is 5.10. The Kier molecular flexibility index (Phi) is 6.89. The smallest absolute Gasteiger partial charge is 0.191 e. The zero-order chi connectivity index (χ0) is 18.2. The number of guanidine groups is 1. The lowest BCUT2D eigenvalue weighted by Crippen LogP contribution is -2.48. The first-order chi connectivity index (χ1) is 12.8. The molecule has 26 heavy (non-hydrogen) atoms. The van der Waals surface area contributed by atoms with Gasteiger partial charge in [0.2, 0.25) is 0 Å². The largest absolute Gasteiger partial charge is 0.357 e. The van der Waals surface area contributed by atoms with E-state index in [0.717, 1.165) is 12.5 Å². The molecule has 2 N–H and O–H groups in total. The lowest BCUT2D eigenvalue weighted by Gasteiger charge is -2.32. The summed E-state index contributed by atoms with van der Waals surface area (Å²) in [5, 5.41) is 9.63. The van der Waals surface area contributed by atoms with Crippen LogP contribution >= 0.6 is 0 Å². The van der Waals surface area contributed by atoms with E-state index in [9.17, 15) is 0 Å². The van der Waals surface area contributed by atoms with Crippen LogP contribution in [0.25, 0.3) is 10.8 Å². The summed E-state index contributed by atoms with van der Waals surface area (Å²) in [6, 6.07) is 15.5. The Labute approximate surface area is 157 Å². The number of piperidine rings is 1. The molecule has 1 saturated heterocycles. The summed E-state index contributed by atoms with van der Waals surface area (Å²) in [6.07, 6.45) is 3.63. The molecule has 4 nitrogen and oxygen atoms in total. The molecule has 2 aromatic rings. The molecule has 4 heteroatoms. The Morgan fingerprint density at radius 1 is 1.08 bits per heavy atom. The van der Waals surface area contributed by atoms with Crippen molar-refractivity contribution in [3.05, 3.63) is 48.0 Å². The Morgan fingerprint density at radius 2 is 1.85 bits per heavy atom. The van der Waals surface area contributed by atoms with Gasteiger partial charge in [0.15, 0.2) is 5.96 Å². The highest BCUT2D eigenvalue weighted by atomic mass is 15.2. The van der Waals surface area contributed by atoms with Crippen molar-refractivity contribution in [3.8, 4) is 0 Å². The van der Waals surface area contributed by atoms with Gasteiger partial charge in [0.1, 0.15) is 0 Å². The van der Waals surface area contributed by atoms with Crippen molar-refractivity contribution in [3.63, 3.8) is 0 Å². The fraction of sp³-hybridized carbons (Fsp3) is 0.500. The minimum absolute atomic E-state index is 0.522. The molecule has 2 aromatic carbocycles. The van der Waals surface area contributed by atoms with Crippen molar-refractivity contribution in [2.24, 2.45) is 4.99 Å². The summed E-state index contributed by atoms with van der Waals surface area (Å²) >= 11 is 0. The van der Waals surface area contributed by atoms with Crippen molar-refractivity contribution in [1.29, 1.82) is 0 Å². The lowest BCUT2D eigenvalue weighted by atomic mass is 10.0. The highest BCUT2D eigenvalue weighted by Gasteiger charge is 2.19. The maximum atomic E-state index is 4.86. The normalized spacial score (nSPS) is 16.8. The molecule has 1 heterocycles. The molecule has 0 saturated carbocycles. The molecule has 0 aromatic heterocycles. The van der Waals surface area contributed by atoms with Crippen LogP contribution in [0.15, 0.2) is 47.5 Å². The first kappa shape index (κ1) is 18.7. The molecular weight excluding hydrogens is 320 g/mol. The predicted molar refractivity (Wildman–Crippen MR) is 112 cm³/mol. The van der Waals surface area contributed by atoms with Gasteiger partial charge >= 0.3 is 0 Å². The van der Waals surface area contributed by atoms with E-state index >= 15 is 0 Å². The summed E-state index contributed by atoms with van der Waals surface area (Å²) in [4.78, 5) is 7.43. The molecule has 0 spiro atoms. The van der Waals surface area contributed by atoms with Crippen molar-refractivity contribution in [1.82, 2.24) is 15.5 Å². The first-order valence-corrected chi connectivity index (χ1v) is 10.0. The van der Waals surface area contributed by atoms with Gasteiger partial charge in [-0.25, -0.2) is 4.99 Å². The average molecular weight is 353 g/mol. The number of likely N-dealkylation sites (tertiary alicyclic amines) is 1. The van der Waals surface area contributed by atoms with Crippen LogP contribution in [0.5, 0.6) is 0 Å². The molecule has 1 aliphatic heterocycles. The van der Waals surface area contributed by atoms with Crippen LogP contribution in [0.2, 0.25) is 0 Å². The van der Waals surface area contributed by atoms with E-state index in [4.69, 9.17) is 4.99 Å². The van der Waals surface area contributed by atoms with Crippen LogP contribution in [0.4, 0.5) is 0 Å². The second-order valence-electron chi connectivity index (χ2n) is 7.09. The summed E-state index contributed by atoms with van der Waals surface area (Å²) in [5.41, 5.74) is 1.28. The van der Waals surface area contributed by atoms with E-state index < -0.39 is 0 Å². The lowest BCUT2D eigenvalue weighted by molar-refractivity contribution is 0.206. The van der Waals surface area contributed by atoms with Crippen LogP contribution in [-0.2, 0) is 6.54 Å². The topological polar surface area (TPSA) is 39.7 Å². The molecule has 140 valence electrons. The monoisotopic (exact) mass is 352 g/mol. The number of hydrogen-bond donors (Lipinski definition) is 2. The molecule has 3 rings (SSSR count). The van der Waals surface area contributed by atoms with Crippen LogP contribution in [-0.4, -0.2) is 43.1 Å². The fourth-order valence-electron chi connectivity index (χ4n) is 3.73. The number of nitrogens with one attached hydrogen (secondary N) is 2. The quantitative estimate of drug-likeness (QED) is 0.614. The second-order valence-corrected chi connectivity index (χ2v) is 7.09. The van der Waals surface area contributed by atoms with Crippen molar-refractivity contribution in [2.45, 2.75) is 45.7 Å². The van der Waals surface area contributed by atoms with Crippen LogP contribution in [0.1, 0.15) is 38.7 Å². The summed E-state index contributed by atoms with van der Waals surface area (Å²) in [5.74, 6) is 0.939. The summed E-state index contributed by atoms with van der Waals surface area (Å²) < 4.78 is 0. The molecular formula is C22H32N4. The van der Waals surface area contributed by atoms with Gasteiger partial charge in [-0.05, 0) is 49.1 Å². The van der Waals surface area contributed by atoms with E-state index in [1.807, 2.05) is 0 Å². The Hall–Kier alpha value is -2.07. The van der Waals surface area contributed by atoms with Gasteiger partial charge < -0.3 is 15.5 Å². The minimum atomic E-state index is 0.522. The molecule has 0 aliphatic carbocycles. The van der Waals surface area contributed by atoms with E-state index in [1.165, 1.54) is 55.2 Å². The molecule has 0 amide bonds. The highest BCUT2D eigenvalue weighted by Crippen LogP contribution is 2.19. The zero-order valence-electron chi connectivity index (χ0n) is 16.2. The summed E-state index contributed by atoms with van der Waals surface area (Å²) in [6.45, 7) is 9.57. The molecule has 0 radical (unpaired) electrons. The maximum absolute atomic E-state index is 4.86. The molecule has 1 aliphatic rings. The molecule has 1 fully saturated rings. The van der Waals surface area contributed by atoms with Crippen LogP contribution < -0.4 is 10.6 Å². The van der Waals surface area contributed by atoms with Crippen molar-refractivity contribution >= 4 is 16.7 Å². The summed E-state index contributed by atoms with van der Waals surface area (Å²) in [7, 11) is 0. The number of fused-ring (bicyclic) bond motifs is 1. The van der Waals surface area contributed by atoms with E-state index in [1.54, 1.807) is 0 Å². The number of benzene rings is 2. The highest BCUT2D eigenvalue weighted by molar-refractivity contribution is 5.86. The van der Waals surface area contributed by atoms with Crippen molar-refractivity contribution < 1.29 is 0 Å². The van der Waals surface area contributed by atoms with Crippen LogP contribution in [0, 0.1) is 0 Å². The average Bonchev–Trinajstić information content (AvgIpc) is 2.68. The predicted octanol–water partition coefficient (Wildman–Crippen LogP) is 3.77. The van der Waals surface area contributed by atoms with Gasteiger partial charge in [0.05, 0.1) is 6.54 Å². The van der Waals surface area contributed by atoms with Crippen molar-refractivity contribution in [2.75, 3.05) is 26.2 Å². The van der Waals surface area contributed by atoms with Gasteiger partial charge in [-0.1, -0.05) is 49.4 Å². The van der Waals surface area contributed by atoms with Gasteiger partial charge in [0, 0.05) is 25.7 Å². The minimum Gasteiger partial charge on any atom is -0.357 e. The molecule has 0 unspecified atom stereocenters. The SMILES string of the molecule is CCCN1CCC(NC(=NCc2cccc3ccccc23)NCC)CC1. The van der Waals surface area contributed by atoms with Gasteiger partial charge in [-0.15, -0.1) is 0 Å². The second kappa shape index (κ2) is 9.58. The fourth-order valence-corrected chi connectivity index (χ4v) is 3.73. The van der Waals surface area contributed by atoms with E-state index in [2.05, 4.69) is 71.8 Å². The maximum Gasteiger partial charge on any atom is 0.191 e. The number of aliphatic imine (C=N–C) groups is 1.